The van der Waals surface area contributed by atoms with Crippen molar-refractivity contribution in [3.8, 4) is 0 Å². The molecule has 1 saturated heterocycles. The highest BCUT2D eigenvalue weighted by molar-refractivity contribution is 7.81. The lowest BCUT2D eigenvalue weighted by molar-refractivity contribution is -0.128. The second-order valence-corrected chi connectivity index (χ2v) is 2.96. The molecule has 1 heterocycles. The zero-order valence-electron chi connectivity index (χ0n) is 6.55. The summed E-state index contributed by atoms with van der Waals surface area (Å²) in [6.07, 6.45) is 1.06. The molecule has 3 nitrogen and oxygen atoms in total. The first-order valence-corrected chi connectivity index (χ1v) is 4.57. The van der Waals surface area contributed by atoms with Gasteiger partial charge in [0, 0.05) is 19.6 Å². The van der Waals surface area contributed by atoms with Gasteiger partial charge in [-0.05, 0) is 13.0 Å². The van der Waals surface area contributed by atoms with Crippen LogP contribution in [0.2, 0.25) is 0 Å². The summed E-state index contributed by atoms with van der Waals surface area (Å²) < 4.78 is 0. The quantitative estimate of drug-likeness (QED) is 0.537. The highest BCUT2D eigenvalue weighted by Gasteiger charge is 2.12. The number of amides is 1. The van der Waals surface area contributed by atoms with E-state index in [9.17, 15) is 4.79 Å². The van der Waals surface area contributed by atoms with E-state index < -0.39 is 0 Å². The Balaban J connectivity index is 2.36. The Labute approximate surface area is 72.5 Å². The Morgan fingerprint density at radius 2 is 2.27 bits per heavy atom. The number of nitrogens with zero attached hydrogens (tertiary/aromatic N) is 1. The number of hydrogen-bond donors (Lipinski definition) is 2. The van der Waals surface area contributed by atoms with Crippen LogP contribution in [0.5, 0.6) is 0 Å². The standard InChI is InChI=1S/C7H14N2OS/c10-7(6-11)9-4-1-2-8-3-5-9/h8,11H,1-6H2. The first kappa shape index (κ1) is 8.87. The Morgan fingerprint density at radius 3 is 3.00 bits per heavy atom. The first-order valence-electron chi connectivity index (χ1n) is 3.94. The van der Waals surface area contributed by atoms with Crippen LogP contribution in [0.1, 0.15) is 6.42 Å². The molecule has 0 bridgehead atoms. The van der Waals surface area contributed by atoms with Crippen molar-refractivity contribution in [1.82, 2.24) is 10.2 Å². The summed E-state index contributed by atoms with van der Waals surface area (Å²) in [7, 11) is 0. The lowest BCUT2D eigenvalue weighted by Gasteiger charge is -2.18. The van der Waals surface area contributed by atoms with E-state index in [1.807, 2.05) is 4.90 Å². The smallest absolute Gasteiger partial charge is 0.232 e. The minimum Gasteiger partial charge on any atom is -0.341 e. The first-order chi connectivity index (χ1) is 5.34. The summed E-state index contributed by atoms with van der Waals surface area (Å²) in [5.74, 6) is 0.483. The Hall–Kier alpha value is -0.220. The molecule has 1 N–H and O–H groups in total. The monoisotopic (exact) mass is 174 g/mol. The molecular formula is C7H14N2OS. The second kappa shape index (κ2) is 4.62. The largest absolute Gasteiger partial charge is 0.341 e. The maximum atomic E-state index is 11.1. The van der Waals surface area contributed by atoms with Gasteiger partial charge in [0.1, 0.15) is 0 Å². The van der Waals surface area contributed by atoms with E-state index in [0.717, 1.165) is 32.6 Å². The van der Waals surface area contributed by atoms with Gasteiger partial charge in [0.15, 0.2) is 0 Å². The van der Waals surface area contributed by atoms with Crippen molar-refractivity contribution in [2.24, 2.45) is 0 Å². The molecule has 1 aliphatic heterocycles. The van der Waals surface area contributed by atoms with Gasteiger partial charge >= 0.3 is 0 Å². The van der Waals surface area contributed by atoms with E-state index in [-0.39, 0.29) is 5.91 Å². The van der Waals surface area contributed by atoms with Crippen LogP contribution < -0.4 is 5.32 Å². The number of nitrogens with one attached hydrogen (secondary N) is 1. The lowest BCUT2D eigenvalue weighted by atomic mass is 10.4. The fourth-order valence-electron chi connectivity index (χ4n) is 1.20. The summed E-state index contributed by atoms with van der Waals surface area (Å²) in [4.78, 5) is 13.0. The van der Waals surface area contributed by atoms with E-state index in [2.05, 4.69) is 17.9 Å². The third kappa shape index (κ3) is 2.71. The van der Waals surface area contributed by atoms with E-state index in [1.54, 1.807) is 0 Å². The Morgan fingerprint density at radius 1 is 1.45 bits per heavy atom. The van der Waals surface area contributed by atoms with Gasteiger partial charge in [0.05, 0.1) is 5.75 Å². The van der Waals surface area contributed by atoms with Crippen molar-refractivity contribution in [1.29, 1.82) is 0 Å². The van der Waals surface area contributed by atoms with Crippen LogP contribution in [0.15, 0.2) is 0 Å². The summed E-state index contributed by atoms with van der Waals surface area (Å²) >= 11 is 3.95. The van der Waals surface area contributed by atoms with Crippen LogP contribution >= 0.6 is 12.6 Å². The fourth-order valence-corrected chi connectivity index (χ4v) is 1.40. The van der Waals surface area contributed by atoms with Gasteiger partial charge in [-0.1, -0.05) is 0 Å². The van der Waals surface area contributed by atoms with Gasteiger partial charge in [-0.25, -0.2) is 0 Å². The van der Waals surface area contributed by atoms with Crippen LogP contribution in [0, 0.1) is 0 Å². The molecule has 0 spiro atoms. The summed E-state index contributed by atoms with van der Waals surface area (Å²) in [5.41, 5.74) is 0. The minimum absolute atomic E-state index is 0.150. The SMILES string of the molecule is O=C(CS)N1CCCNCC1. The number of hydrogen-bond acceptors (Lipinski definition) is 3. The number of carbonyl (C=O) groups excluding carboxylic acids is 1. The normalized spacial score (nSPS) is 19.5. The molecule has 0 aliphatic carbocycles. The van der Waals surface area contributed by atoms with E-state index in [0.29, 0.717) is 5.75 Å². The van der Waals surface area contributed by atoms with Crippen molar-refractivity contribution < 1.29 is 4.79 Å². The van der Waals surface area contributed by atoms with E-state index in [1.165, 1.54) is 0 Å². The van der Waals surface area contributed by atoms with Gasteiger partial charge in [-0.3, -0.25) is 4.79 Å². The average Bonchev–Trinajstić information content (AvgIpc) is 2.30. The van der Waals surface area contributed by atoms with Crippen molar-refractivity contribution in [2.45, 2.75) is 6.42 Å². The molecule has 0 aromatic carbocycles. The summed E-state index contributed by atoms with van der Waals surface area (Å²) in [6, 6.07) is 0. The third-order valence-corrected chi connectivity index (χ3v) is 2.10. The average molecular weight is 174 g/mol. The molecule has 0 aromatic rings. The zero-order chi connectivity index (χ0) is 8.10. The third-order valence-electron chi connectivity index (χ3n) is 1.83. The number of rotatable bonds is 1. The molecule has 0 unspecified atom stereocenters. The van der Waals surface area contributed by atoms with Crippen LogP contribution in [0.4, 0.5) is 0 Å². The molecule has 11 heavy (non-hydrogen) atoms. The van der Waals surface area contributed by atoms with E-state index >= 15 is 0 Å². The van der Waals surface area contributed by atoms with Crippen molar-refractivity contribution in [3.05, 3.63) is 0 Å². The van der Waals surface area contributed by atoms with Crippen molar-refractivity contribution in [3.63, 3.8) is 0 Å². The van der Waals surface area contributed by atoms with Gasteiger partial charge in [-0.2, -0.15) is 12.6 Å². The molecule has 0 saturated carbocycles. The van der Waals surface area contributed by atoms with Crippen molar-refractivity contribution in [2.75, 3.05) is 31.9 Å². The lowest BCUT2D eigenvalue weighted by Crippen LogP contribution is -2.34. The second-order valence-electron chi connectivity index (χ2n) is 2.64. The Bertz CT molecular complexity index is 132. The number of thiol groups is 1. The van der Waals surface area contributed by atoms with Gasteiger partial charge in [0.2, 0.25) is 5.91 Å². The van der Waals surface area contributed by atoms with Crippen LogP contribution in [-0.4, -0.2) is 42.7 Å². The van der Waals surface area contributed by atoms with E-state index in [4.69, 9.17) is 0 Å². The summed E-state index contributed by atoms with van der Waals surface area (Å²) in [6.45, 7) is 3.65. The maximum Gasteiger partial charge on any atom is 0.232 e. The maximum absolute atomic E-state index is 11.1. The molecule has 0 aromatic heterocycles. The molecule has 4 heteroatoms. The molecule has 1 aliphatic rings. The molecule has 1 fully saturated rings. The molecule has 1 amide bonds. The minimum atomic E-state index is 0.150. The highest BCUT2D eigenvalue weighted by Crippen LogP contribution is 1.96. The van der Waals surface area contributed by atoms with Crippen molar-refractivity contribution >= 4 is 18.5 Å². The number of carbonyl (C=O) groups is 1. The van der Waals surface area contributed by atoms with Crippen LogP contribution in [0.25, 0.3) is 0 Å². The summed E-state index contributed by atoms with van der Waals surface area (Å²) in [5, 5.41) is 3.24. The molecule has 0 atom stereocenters. The van der Waals surface area contributed by atoms with Crippen LogP contribution in [0.3, 0.4) is 0 Å². The fraction of sp³-hybridized carbons (Fsp3) is 0.857. The predicted molar refractivity (Wildman–Crippen MR) is 47.9 cm³/mol. The van der Waals surface area contributed by atoms with Gasteiger partial charge in [0.25, 0.3) is 0 Å². The molecule has 0 radical (unpaired) electrons. The molecule has 1 rings (SSSR count). The molecule has 64 valence electrons. The highest BCUT2D eigenvalue weighted by atomic mass is 32.1. The zero-order valence-corrected chi connectivity index (χ0v) is 7.44. The van der Waals surface area contributed by atoms with Crippen LogP contribution in [-0.2, 0) is 4.79 Å². The predicted octanol–water partition coefficient (Wildman–Crippen LogP) is -0.262. The topological polar surface area (TPSA) is 32.3 Å². The van der Waals surface area contributed by atoms with Gasteiger partial charge < -0.3 is 10.2 Å². The Kier molecular flexibility index (Phi) is 3.72. The molecular weight excluding hydrogens is 160 g/mol. The van der Waals surface area contributed by atoms with Gasteiger partial charge in [-0.15, -0.1) is 0 Å².